The lowest BCUT2D eigenvalue weighted by Gasteiger charge is -2.15. The molecule has 2 aromatic rings. The van der Waals surface area contributed by atoms with Crippen LogP contribution in [0.5, 0.6) is 0 Å². The Morgan fingerprint density at radius 1 is 1.10 bits per heavy atom. The van der Waals surface area contributed by atoms with E-state index >= 15 is 0 Å². The summed E-state index contributed by atoms with van der Waals surface area (Å²) in [6, 6.07) is 10.8. The van der Waals surface area contributed by atoms with Crippen LogP contribution in [-0.2, 0) is 14.8 Å². The number of rotatable bonds is 5. The van der Waals surface area contributed by atoms with Crippen molar-refractivity contribution >= 4 is 16.0 Å². The molecule has 0 aliphatic heterocycles. The Morgan fingerprint density at radius 2 is 1.76 bits per heavy atom. The summed E-state index contributed by atoms with van der Waals surface area (Å²) in [5.41, 5.74) is 0.282. The monoisotopic (exact) mass is 309 g/mol. The van der Waals surface area contributed by atoms with Crippen molar-refractivity contribution in [1.82, 2.24) is 4.72 Å². The van der Waals surface area contributed by atoms with Gasteiger partial charge in [-0.3, -0.25) is 4.79 Å². The topological polar surface area (TPSA) is 83.5 Å². The number of hydrogen-bond acceptors (Lipinski definition) is 3. The highest BCUT2D eigenvalue weighted by Crippen LogP contribution is 2.18. The maximum Gasteiger partial charge on any atom is 0.326 e. The van der Waals surface area contributed by atoms with Crippen LogP contribution in [0, 0.1) is 5.82 Å². The van der Waals surface area contributed by atoms with Crippen LogP contribution in [0.15, 0.2) is 59.5 Å². The Kier molecular flexibility index (Phi) is 4.35. The van der Waals surface area contributed by atoms with Crippen molar-refractivity contribution in [3.8, 4) is 0 Å². The number of aliphatic carboxylic acids is 1. The molecule has 0 spiro atoms. The summed E-state index contributed by atoms with van der Waals surface area (Å²) in [7, 11) is -4.15. The van der Waals surface area contributed by atoms with E-state index in [1.54, 1.807) is 18.2 Å². The van der Waals surface area contributed by atoms with Gasteiger partial charge in [0.05, 0.1) is 4.90 Å². The van der Waals surface area contributed by atoms with Crippen LogP contribution < -0.4 is 4.72 Å². The molecule has 2 N–H and O–H groups in total. The molecule has 1 atom stereocenters. The minimum Gasteiger partial charge on any atom is -0.480 e. The molecule has 0 heterocycles. The van der Waals surface area contributed by atoms with Crippen molar-refractivity contribution in [2.45, 2.75) is 10.9 Å². The Bertz CT molecular complexity index is 747. The summed E-state index contributed by atoms with van der Waals surface area (Å²) in [4.78, 5) is 10.9. The molecule has 2 rings (SSSR count). The van der Waals surface area contributed by atoms with Crippen LogP contribution in [-0.4, -0.2) is 19.5 Å². The summed E-state index contributed by atoms with van der Waals surface area (Å²) in [5.74, 6) is -2.06. The molecule has 0 amide bonds. The van der Waals surface area contributed by atoms with Crippen LogP contribution in [0.4, 0.5) is 4.39 Å². The predicted molar refractivity (Wildman–Crippen MR) is 73.5 cm³/mol. The zero-order valence-corrected chi connectivity index (χ0v) is 11.5. The Balaban J connectivity index is 2.35. The molecule has 1 unspecified atom stereocenters. The molecular formula is C14H12FNO4S. The summed E-state index contributed by atoms with van der Waals surface area (Å²) in [6.45, 7) is 0. The molecule has 0 bridgehead atoms. The SMILES string of the molecule is O=C(O)C(NS(=O)(=O)c1cccc(F)c1)c1ccccc1. The maximum absolute atomic E-state index is 13.1. The van der Waals surface area contributed by atoms with E-state index in [9.17, 15) is 22.7 Å². The largest absolute Gasteiger partial charge is 0.480 e. The zero-order valence-electron chi connectivity index (χ0n) is 10.7. The van der Waals surface area contributed by atoms with Crippen molar-refractivity contribution in [1.29, 1.82) is 0 Å². The predicted octanol–water partition coefficient (Wildman–Crippen LogP) is 1.93. The lowest BCUT2D eigenvalue weighted by atomic mass is 10.1. The van der Waals surface area contributed by atoms with Crippen LogP contribution in [0.3, 0.4) is 0 Å². The van der Waals surface area contributed by atoms with Gasteiger partial charge in [0, 0.05) is 0 Å². The number of benzene rings is 2. The van der Waals surface area contributed by atoms with E-state index < -0.39 is 27.9 Å². The highest BCUT2D eigenvalue weighted by molar-refractivity contribution is 7.89. The third kappa shape index (κ3) is 3.65. The molecule has 0 aliphatic carbocycles. The summed E-state index contributed by atoms with van der Waals surface area (Å²) in [6.07, 6.45) is 0. The van der Waals surface area contributed by atoms with Crippen molar-refractivity contribution in [3.05, 3.63) is 66.0 Å². The van der Waals surface area contributed by atoms with Gasteiger partial charge in [-0.2, -0.15) is 4.72 Å². The fourth-order valence-corrected chi connectivity index (χ4v) is 2.97. The number of carboxylic acids is 1. The van der Waals surface area contributed by atoms with Crippen molar-refractivity contribution < 1.29 is 22.7 Å². The minimum absolute atomic E-state index is 0.282. The quantitative estimate of drug-likeness (QED) is 0.884. The molecule has 0 aliphatic rings. The minimum atomic E-state index is -4.15. The molecule has 7 heteroatoms. The first-order valence-electron chi connectivity index (χ1n) is 5.96. The Labute approximate surface area is 121 Å². The lowest BCUT2D eigenvalue weighted by molar-refractivity contribution is -0.139. The van der Waals surface area contributed by atoms with Crippen molar-refractivity contribution in [3.63, 3.8) is 0 Å². The summed E-state index contributed by atoms with van der Waals surface area (Å²) in [5, 5.41) is 9.19. The van der Waals surface area contributed by atoms with E-state index in [4.69, 9.17) is 0 Å². The fourth-order valence-electron chi connectivity index (χ4n) is 1.76. The Morgan fingerprint density at radius 3 is 2.33 bits per heavy atom. The first kappa shape index (κ1) is 15.1. The molecule has 0 aromatic heterocycles. The van der Waals surface area contributed by atoms with E-state index in [1.165, 1.54) is 24.3 Å². The number of halogens is 1. The highest BCUT2D eigenvalue weighted by Gasteiger charge is 2.26. The number of hydrogen-bond donors (Lipinski definition) is 2. The molecule has 0 radical (unpaired) electrons. The second-order valence-corrected chi connectivity index (χ2v) is 5.97. The average molecular weight is 309 g/mol. The molecule has 0 saturated carbocycles. The van der Waals surface area contributed by atoms with Gasteiger partial charge in [-0.1, -0.05) is 36.4 Å². The van der Waals surface area contributed by atoms with E-state index in [0.717, 1.165) is 12.1 Å². The van der Waals surface area contributed by atoms with Gasteiger partial charge < -0.3 is 5.11 Å². The number of carbonyl (C=O) groups is 1. The number of nitrogens with one attached hydrogen (secondary N) is 1. The second-order valence-electron chi connectivity index (χ2n) is 4.26. The van der Waals surface area contributed by atoms with Gasteiger partial charge in [-0.15, -0.1) is 0 Å². The zero-order chi connectivity index (χ0) is 15.5. The van der Waals surface area contributed by atoms with Crippen LogP contribution in [0.25, 0.3) is 0 Å². The van der Waals surface area contributed by atoms with Gasteiger partial charge >= 0.3 is 5.97 Å². The fraction of sp³-hybridized carbons (Fsp3) is 0.0714. The van der Waals surface area contributed by atoms with E-state index in [1.807, 2.05) is 0 Å². The molecular weight excluding hydrogens is 297 g/mol. The molecule has 0 fully saturated rings. The number of sulfonamides is 1. The molecule has 110 valence electrons. The van der Waals surface area contributed by atoms with Crippen LogP contribution in [0.2, 0.25) is 0 Å². The number of carboxylic acid groups (broad SMARTS) is 1. The smallest absolute Gasteiger partial charge is 0.326 e. The highest BCUT2D eigenvalue weighted by atomic mass is 32.2. The second kappa shape index (κ2) is 6.02. The van der Waals surface area contributed by atoms with Crippen molar-refractivity contribution in [2.75, 3.05) is 0 Å². The van der Waals surface area contributed by atoms with Gasteiger partial charge in [0.1, 0.15) is 11.9 Å². The first-order valence-corrected chi connectivity index (χ1v) is 7.44. The lowest BCUT2D eigenvalue weighted by Crippen LogP contribution is -2.33. The maximum atomic E-state index is 13.1. The summed E-state index contributed by atoms with van der Waals surface area (Å²) >= 11 is 0. The van der Waals surface area contributed by atoms with Crippen molar-refractivity contribution in [2.24, 2.45) is 0 Å². The molecule has 5 nitrogen and oxygen atoms in total. The van der Waals surface area contributed by atoms with E-state index in [2.05, 4.69) is 4.72 Å². The standard InChI is InChI=1S/C14H12FNO4S/c15-11-7-4-8-12(9-11)21(19,20)16-13(14(17)18)10-5-2-1-3-6-10/h1-9,13,16H,(H,17,18). The van der Waals surface area contributed by atoms with Gasteiger partial charge in [-0.05, 0) is 23.8 Å². The Hall–Kier alpha value is -2.25. The van der Waals surface area contributed by atoms with Crippen LogP contribution >= 0.6 is 0 Å². The first-order chi connectivity index (χ1) is 9.90. The molecule has 0 saturated heterocycles. The van der Waals surface area contributed by atoms with Gasteiger partial charge in [0.25, 0.3) is 0 Å². The third-order valence-corrected chi connectivity index (χ3v) is 4.18. The van der Waals surface area contributed by atoms with Gasteiger partial charge in [0.2, 0.25) is 10.0 Å². The van der Waals surface area contributed by atoms with Crippen LogP contribution in [0.1, 0.15) is 11.6 Å². The normalized spacial score (nSPS) is 12.8. The average Bonchev–Trinajstić information content (AvgIpc) is 2.45. The van der Waals surface area contributed by atoms with Gasteiger partial charge in [-0.25, -0.2) is 12.8 Å². The molecule has 2 aromatic carbocycles. The van der Waals surface area contributed by atoms with E-state index in [-0.39, 0.29) is 10.5 Å². The van der Waals surface area contributed by atoms with E-state index in [0.29, 0.717) is 0 Å². The third-order valence-electron chi connectivity index (χ3n) is 2.76. The van der Waals surface area contributed by atoms with Gasteiger partial charge in [0.15, 0.2) is 0 Å². The molecule has 21 heavy (non-hydrogen) atoms. The summed E-state index contributed by atoms with van der Waals surface area (Å²) < 4.78 is 39.4.